The predicted molar refractivity (Wildman–Crippen MR) is 79.2 cm³/mol. The minimum absolute atomic E-state index is 0.0454. The van der Waals surface area contributed by atoms with E-state index in [2.05, 4.69) is 17.1 Å². The summed E-state index contributed by atoms with van der Waals surface area (Å²) in [7, 11) is 3.72. The second-order valence-corrected chi connectivity index (χ2v) is 5.62. The molecule has 0 N–H and O–H groups in total. The van der Waals surface area contributed by atoms with Crippen molar-refractivity contribution >= 4 is 5.91 Å². The molecule has 1 aliphatic rings. The summed E-state index contributed by atoms with van der Waals surface area (Å²) in [5, 5.41) is 3.96. The van der Waals surface area contributed by atoms with E-state index < -0.39 is 0 Å². The highest BCUT2D eigenvalue weighted by Gasteiger charge is 2.30. The standard InChI is InChI=1S/C15H25N3O3/c1-5-18(12-6-8-17(3)9-7-12)15(19)14-13(10-20-4)11(2)21-16-14/h12H,5-10H2,1-4H3. The molecular weight excluding hydrogens is 270 g/mol. The van der Waals surface area contributed by atoms with Crippen LogP contribution in [0.1, 0.15) is 41.6 Å². The number of amides is 1. The maximum absolute atomic E-state index is 12.8. The number of nitrogens with zero attached hydrogens (tertiary/aromatic N) is 3. The number of aromatic nitrogens is 1. The Morgan fingerprint density at radius 2 is 2.14 bits per heavy atom. The normalized spacial score (nSPS) is 17.1. The number of piperidine rings is 1. The highest BCUT2D eigenvalue weighted by Crippen LogP contribution is 2.21. The van der Waals surface area contributed by atoms with Gasteiger partial charge >= 0.3 is 0 Å². The van der Waals surface area contributed by atoms with Crippen LogP contribution in [-0.4, -0.2) is 60.7 Å². The van der Waals surface area contributed by atoms with Gasteiger partial charge in [0.1, 0.15) is 5.76 Å². The lowest BCUT2D eigenvalue weighted by Gasteiger charge is -2.36. The van der Waals surface area contributed by atoms with Crippen molar-refractivity contribution in [2.24, 2.45) is 0 Å². The summed E-state index contributed by atoms with van der Waals surface area (Å²) in [5.41, 5.74) is 1.16. The van der Waals surface area contributed by atoms with Gasteiger partial charge < -0.3 is 19.1 Å². The van der Waals surface area contributed by atoms with E-state index in [0.29, 0.717) is 24.6 Å². The number of hydrogen-bond donors (Lipinski definition) is 0. The molecule has 21 heavy (non-hydrogen) atoms. The molecule has 0 saturated carbocycles. The number of carbonyl (C=O) groups excluding carboxylic acids is 1. The number of hydrogen-bond acceptors (Lipinski definition) is 5. The Morgan fingerprint density at radius 3 is 2.71 bits per heavy atom. The van der Waals surface area contributed by atoms with Crippen LogP contribution in [0.4, 0.5) is 0 Å². The van der Waals surface area contributed by atoms with Gasteiger partial charge in [-0.05, 0) is 46.8 Å². The number of rotatable bonds is 5. The zero-order chi connectivity index (χ0) is 15.4. The Hall–Kier alpha value is -1.40. The smallest absolute Gasteiger partial charge is 0.276 e. The molecular formula is C15H25N3O3. The Bertz CT molecular complexity index is 479. The molecule has 0 radical (unpaired) electrons. The third kappa shape index (κ3) is 3.44. The van der Waals surface area contributed by atoms with E-state index in [4.69, 9.17) is 9.26 Å². The van der Waals surface area contributed by atoms with Crippen LogP contribution in [-0.2, 0) is 11.3 Å². The molecule has 0 aromatic carbocycles. The van der Waals surface area contributed by atoms with E-state index in [-0.39, 0.29) is 11.9 Å². The fourth-order valence-electron chi connectivity index (χ4n) is 2.88. The molecule has 2 heterocycles. The largest absolute Gasteiger partial charge is 0.380 e. The molecule has 1 aliphatic heterocycles. The van der Waals surface area contributed by atoms with Crippen molar-refractivity contribution in [2.45, 2.75) is 39.3 Å². The van der Waals surface area contributed by atoms with Crippen LogP contribution in [0.5, 0.6) is 0 Å². The molecule has 0 bridgehead atoms. The van der Waals surface area contributed by atoms with E-state index in [1.807, 2.05) is 18.7 Å². The molecule has 6 heteroatoms. The van der Waals surface area contributed by atoms with Crippen molar-refractivity contribution in [1.29, 1.82) is 0 Å². The first kappa shape index (κ1) is 16.0. The number of ether oxygens (including phenoxy) is 1. The van der Waals surface area contributed by atoms with Crippen LogP contribution >= 0.6 is 0 Å². The average molecular weight is 295 g/mol. The lowest BCUT2D eigenvalue weighted by atomic mass is 10.0. The Morgan fingerprint density at radius 1 is 1.48 bits per heavy atom. The van der Waals surface area contributed by atoms with Crippen LogP contribution in [0, 0.1) is 6.92 Å². The van der Waals surface area contributed by atoms with E-state index in [0.717, 1.165) is 31.5 Å². The third-order valence-corrected chi connectivity index (χ3v) is 4.21. The van der Waals surface area contributed by atoms with E-state index in [9.17, 15) is 4.79 Å². The van der Waals surface area contributed by atoms with Gasteiger partial charge in [-0.15, -0.1) is 0 Å². The van der Waals surface area contributed by atoms with Crippen LogP contribution in [0.2, 0.25) is 0 Å². The fraction of sp³-hybridized carbons (Fsp3) is 0.733. The van der Waals surface area contributed by atoms with E-state index in [1.54, 1.807) is 7.11 Å². The topological polar surface area (TPSA) is 58.8 Å². The van der Waals surface area contributed by atoms with Crippen LogP contribution in [0.3, 0.4) is 0 Å². The number of likely N-dealkylation sites (tertiary alicyclic amines) is 1. The summed E-state index contributed by atoms with van der Waals surface area (Å²) in [5.74, 6) is 0.607. The van der Waals surface area contributed by atoms with Gasteiger partial charge in [0, 0.05) is 19.7 Å². The van der Waals surface area contributed by atoms with Gasteiger partial charge in [-0.3, -0.25) is 4.79 Å². The Labute approximate surface area is 126 Å². The van der Waals surface area contributed by atoms with Crippen molar-refractivity contribution in [2.75, 3.05) is 33.8 Å². The van der Waals surface area contributed by atoms with E-state index in [1.165, 1.54) is 0 Å². The minimum Gasteiger partial charge on any atom is -0.380 e. The van der Waals surface area contributed by atoms with Crippen molar-refractivity contribution in [3.8, 4) is 0 Å². The second kappa shape index (κ2) is 7.04. The average Bonchev–Trinajstić information content (AvgIpc) is 2.83. The molecule has 1 fully saturated rings. The van der Waals surface area contributed by atoms with Gasteiger partial charge in [0.2, 0.25) is 0 Å². The molecule has 1 aromatic heterocycles. The Balaban J connectivity index is 2.16. The summed E-state index contributed by atoms with van der Waals surface area (Å²) in [4.78, 5) is 17.0. The summed E-state index contributed by atoms with van der Waals surface area (Å²) in [6.07, 6.45) is 2.01. The summed E-state index contributed by atoms with van der Waals surface area (Å²) in [6, 6.07) is 0.283. The lowest BCUT2D eigenvalue weighted by molar-refractivity contribution is 0.0592. The molecule has 118 valence electrons. The van der Waals surface area contributed by atoms with Crippen molar-refractivity contribution in [1.82, 2.24) is 15.0 Å². The van der Waals surface area contributed by atoms with Crippen LogP contribution < -0.4 is 0 Å². The number of carbonyl (C=O) groups is 1. The van der Waals surface area contributed by atoms with Crippen molar-refractivity contribution in [3.63, 3.8) is 0 Å². The molecule has 0 spiro atoms. The zero-order valence-corrected chi connectivity index (χ0v) is 13.4. The number of aryl methyl sites for hydroxylation is 1. The monoisotopic (exact) mass is 295 g/mol. The minimum atomic E-state index is -0.0454. The first-order valence-corrected chi connectivity index (χ1v) is 7.52. The van der Waals surface area contributed by atoms with Gasteiger partial charge in [-0.2, -0.15) is 0 Å². The van der Waals surface area contributed by atoms with Gasteiger partial charge in [0.05, 0.1) is 12.2 Å². The number of methoxy groups -OCH3 is 1. The van der Waals surface area contributed by atoms with Crippen LogP contribution in [0.25, 0.3) is 0 Å². The third-order valence-electron chi connectivity index (χ3n) is 4.21. The molecule has 6 nitrogen and oxygen atoms in total. The fourth-order valence-corrected chi connectivity index (χ4v) is 2.88. The maximum Gasteiger partial charge on any atom is 0.276 e. The first-order valence-electron chi connectivity index (χ1n) is 7.52. The molecule has 1 aromatic rings. The maximum atomic E-state index is 12.8. The van der Waals surface area contributed by atoms with Gasteiger partial charge in [-0.1, -0.05) is 5.16 Å². The first-order chi connectivity index (χ1) is 10.1. The van der Waals surface area contributed by atoms with Gasteiger partial charge in [-0.25, -0.2) is 0 Å². The molecule has 2 rings (SSSR count). The second-order valence-electron chi connectivity index (χ2n) is 5.62. The van der Waals surface area contributed by atoms with Gasteiger partial charge in [0.25, 0.3) is 5.91 Å². The molecule has 0 aliphatic carbocycles. The summed E-state index contributed by atoms with van der Waals surface area (Å²) >= 11 is 0. The summed E-state index contributed by atoms with van der Waals surface area (Å²) in [6.45, 7) is 6.91. The predicted octanol–water partition coefficient (Wildman–Crippen LogP) is 1.69. The SMILES string of the molecule is CCN(C(=O)c1noc(C)c1COC)C1CCN(C)CC1. The van der Waals surface area contributed by atoms with Crippen molar-refractivity contribution in [3.05, 3.63) is 17.0 Å². The highest BCUT2D eigenvalue weighted by atomic mass is 16.5. The quantitative estimate of drug-likeness (QED) is 0.827. The summed E-state index contributed by atoms with van der Waals surface area (Å²) < 4.78 is 10.3. The van der Waals surface area contributed by atoms with Crippen LogP contribution in [0.15, 0.2) is 4.52 Å². The molecule has 0 atom stereocenters. The zero-order valence-electron chi connectivity index (χ0n) is 13.4. The molecule has 0 unspecified atom stereocenters. The molecule has 1 amide bonds. The lowest BCUT2D eigenvalue weighted by Crippen LogP contribution is -2.46. The Kier molecular flexibility index (Phi) is 5.36. The molecule has 1 saturated heterocycles. The van der Waals surface area contributed by atoms with E-state index >= 15 is 0 Å². The van der Waals surface area contributed by atoms with Crippen molar-refractivity contribution < 1.29 is 14.1 Å². The van der Waals surface area contributed by atoms with Gasteiger partial charge in [0.15, 0.2) is 5.69 Å². The highest BCUT2D eigenvalue weighted by molar-refractivity contribution is 5.94.